The van der Waals surface area contributed by atoms with Crippen molar-refractivity contribution in [1.29, 1.82) is 0 Å². The average Bonchev–Trinajstić information content (AvgIpc) is 2.88. The normalized spacial score (nSPS) is 17.1. The summed E-state index contributed by atoms with van der Waals surface area (Å²) in [5.41, 5.74) is 1.63. The lowest BCUT2D eigenvalue weighted by Crippen LogP contribution is -2.48. The Hall–Kier alpha value is -4.14. The molecule has 1 atom stereocenters. The molecule has 9 heteroatoms. The number of aliphatic imine (C=N–C) groups is 1. The number of esters is 1. The summed E-state index contributed by atoms with van der Waals surface area (Å²) in [6.45, 7) is 1.96. The number of nitrogens with one attached hydrogen (secondary N) is 1. The first-order valence-electron chi connectivity index (χ1n) is 11.5. The van der Waals surface area contributed by atoms with Crippen molar-refractivity contribution < 1.29 is 27.1 Å². The van der Waals surface area contributed by atoms with Crippen LogP contribution in [-0.4, -0.2) is 23.9 Å². The number of guanidine groups is 1. The largest absolute Gasteiger partial charge is 0.466 e. The SMILES string of the molecule is COC(=O)C1=C(C)N(Cc2cccc(C(F)(F)F)c2)C(=NCc2ccccc2)NC1c1cccc(F)c1. The van der Waals surface area contributed by atoms with Crippen LogP contribution in [0.5, 0.6) is 0 Å². The molecule has 0 saturated heterocycles. The van der Waals surface area contributed by atoms with E-state index in [2.05, 4.69) is 5.32 Å². The van der Waals surface area contributed by atoms with Crippen LogP contribution in [0, 0.1) is 5.82 Å². The first-order valence-corrected chi connectivity index (χ1v) is 11.5. The lowest BCUT2D eigenvalue weighted by atomic mass is 9.94. The molecular formula is C28H25F4N3O2. The van der Waals surface area contributed by atoms with Gasteiger partial charge in [-0.2, -0.15) is 13.2 Å². The van der Waals surface area contributed by atoms with E-state index in [-0.39, 0.29) is 18.7 Å². The predicted molar refractivity (Wildman–Crippen MR) is 132 cm³/mol. The molecule has 5 nitrogen and oxygen atoms in total. The minimum absolute atomic E-state index is 0.00669. The van der Waals surface area contributed by atoms with Crippen molar-refractivity contribution in [2.75, 3.05) is 7.11 Å². The quantitative estimate of drug-likeness (QED) is 0.326. The van der Waals surface area contributed by atoms with E-state index < -0.39 is 29.6 Å². The number of carbonyl (C=O) groups is 1. The van der Waals surface area contributed by atoms with Crippen LogP contribution in [0.25, 0.3) is 0 Å². The Morgan fingerprint density at radius 3 is 2.38 bits per heavy atom. The fourth-order valence-electron chi connectivity index (χ4n) is 4.21. The number of ether oxygens (including phenoxy) is 1. The fraction of sp³-hybridized carbons (Fsp3) is 0.214. The Labute approximate surface area is 212 Å². The Kier molecular flexibility index (Phi) is 7.61. The molecule has 0 fully saturated rings. The zero-order valence-corrected chi connectivity index (χ0v) is 20.2. The second-order valence-corrected chi connectivity index (χ2v) is 8.53. The molecule has 37 heavy (non-hydrogen) atoms. The first kappa shape index (κ1) is 25.9. The summed E-state index contributed by atoms with van der Waals surface area (Å²) < 4.78 is 59.2. The zero-order chi connectivity index (χ0) is 26.6. The highest BCUT2D eigenvalue weighted by molar-refractivity contribution is 5.96. The number of alkyl halides is 3. The highest BCUT2D eigenvalue weighted by Gasteiger charge is 2.36. The molecule has 1 heterocycles. The van der Waals surface area contributed by atoms with Gasteiger partial charge in [-0.05, 0) is 47.9 Å². The van der Waals surface area contributed by atoms with Crippen molar-refractivity contribution in [2.45, 2.75) is 32.2 Å². The maximum atomic E-state index is 14.1. The highest BCUT2D eigenvalue weighted by Crippen LogP contribution is 2.34. The molecule has 192 valence electrons. The fourth-order valence-corrected chi connectivity index (χ4v) is 4.21. The van der Waals surface area contributed by atoms with E-state index >= 15 is 0 Å². The Bertz CT molecular complexity index is 1340. The van der Waals surface area contributed by atoms with E-state index in [1.807, 2.05) is 30.3 Å². The summed E-state index contributed by atoms with van der Waals surface area (Å²) in [5, 5.41) is 3.21. The van der Waals surface area contributed by atoms with Crippen LogP contribution >= 0.6 is 0 Å². The van der Waals surface area contributed by atoms with Gasteiger partial charge in [-0.25, -0.2) is 14.2 Å². The van der Waals surface area contributed by atoms with E-state index in [4.69, 9.17) is 9.73 Å². The van der Waals surface area contributed by atoms with E-state index in [1.54, 1.807) is 24.0 Å². The third-order valence-corrected chi connectivity index (χ3v) is 6.05. The van der Waals surface area contributed by atoms with Gasteiger partial charge in [0, 0.05) is 5.70 Å². The first-order chi connectivity index (χ1) is 17.7. The molecule has 1 aliphatic heterocycles. The van der Waals surface area contributed by atoms with Crippen LogP contribution in [-0.2, 0) is 28.8 Å². The molecule has 0 saturated carbocycles. The number of hydrogen-bond donors (Lipinski definition) is 1. The van der Waals surface area contributed by atoms with Crippen LogP contribution in [0.4, 0.5) is 17.6 Å². The summed E-state index contributed by atoms with van der Waals surface area (Å²) in [5.74, 6) is -0.786. The molecule has 0 amide bonds. The Morgan fingerprint density at radius 1 is 1.00 bits per heavy atom. The number of methoxy groups -OCH3 is 1. The van der Waals surface area contributed by atoms with Crippen LogP contribution in [0.1, 0.15) is 35.2 Å². The number of nitrogens with zero attached hydrogens (tertiary/aromatic N) is 2. The van der Waals surface area contributed by atoms with Gasteiger partial charge in [0.05, 0.1) is 37.4 Å². The lowest BCUT2D eigenvalue weighted by molar-refractivity contribution is -0.138. The molecule has 1 N–H and O–H groups in total. The molecule has 0 spiro atoms. The van der Waals surface area contributed by atoms with Gasteiger partial charge in [0.15, 0.2) is 5.96 Å². The molecular weight excluding hydrogens is 486 g/mol. The third kappa shape index (κ3) is 5.99. The van der Waals surface area contributed by atoms with E-state index in [0.29, 0.717) is 22.8 Å². The average molecular weight is 512 g/mol. The van der Waals surface area contributed by atoms with Gasteiger partial charge in [-0.1, -0.05) is 54.6 Å². The second-order valence-electron chi connectivity index (χ2n) is 8.53. The summed E-state index contributed by atoms with van der Waals surface area (Å²) >= 11 is 0. The molecule has 4 rings (SSSR count). The van der Waals surface area contributed by atoms with Gasteiger partial charge < -0.3 is 15.0 Å². The molecule has 0 bridgehead atoms. The number of benzene rings is 3. The number of hydrogen-bond acceptors (Lipinski definition) is 3. The summed E-state index contributed by atoms with van der Waals surface area (Å²) in [4.78, 5) is 19.2. The summed E-state index contributed by atoms with van der Waals surface area (Å²) in [6, 6.07) is 19.5. The molecule has 1 unspecified atom stereocenters. The Morgan fingerprint density at radius 2 is 1.70 bits per heavy atom. The van der Waals surface area contributed by atoms with Crippen LogP contribution in [0.2, 0.25) is 0 Å². The molecule has 3 aromatic carbocycles. The Balaban J connectivity index is 1.81. The highest BCUT2D eigenvalue weighted by atomic mass is 19.4. The van der Waals surface area contributed by atoms with Crippen LogP contribution in [0.3, 0.4) is 0 Å². The van der Waals surface area contributed by atoms with E-state index in [1.165, 1.54) is 31.4 Å². The smallest absolute Gasteiger partial charge is 0.416 e. The second kappa shape index (κ2) is 10.9. The van der Waals surface area contributed by atoms with Crippen LogP contribution < -0.4 is 5.32 Å². The monoisotopic (exact) mass is 511 g/mol. The van der Waals surface area contributed by atoms with Crippen molar-refractivity contribution in [3.63, 3.8) is 0 Å². The number of rotatable bonds is 6. The predicted octanol–water partition coefficient (Wildman–Crippen LogP) is 5.99. The number of halogens is 4. The number of carbonyl (C=O) groups excluding carboxylic acids is 1. The molecule has 0 aliphatic carbocycles. The van der Waals surface area contributed by atoms with Gasteiger partial charge in [0.1, 0.15) is 5.82 Å². The van der Waals surface area contributed by atoms with Gasteiger partial charge >= 0.3 is 12.1 Å². The maximum Gasteiger partial charge on any atom is 0.416 e. The minimum atomic E-state index is -4.50. The van der Waals surface area contributed by atoms with Crippen molar-refractivity contribution in [3.8, 4) is 0 Å². The summed E-state index contributed by atoms with van der Waals surface area (Å²) in [7, 11) is 1.24. The van der Waals surface area contributed by atoms with Gasteiger partial charge in [0.2, 0.25) is 0 Å². The van der Waals surface area contributed by atoms with Crippen molar-refractivity contribution in [2.24, 2.45) is 4.99 Å². The van der Waals surface area contributed by atoms with Crippen molar-refractivity contribution in [3.05, 3.63) is 118 Å². The molecule has 0 aromatic heterocycles. The lowest BCUT2D eigenvalue weighted by Gasteiger charge is -2.38. The van der Waals surface area contributed by atoms with Gasteiger partial charge in [-0.15, -0.1) is 0 Å². The topological polar surface area (TPSA) is 53.9 Å². The van der Waals surface area contributed by atoms with Crippen LogP contribution in [0.15, 0.2) is 95.1 Å². The minimum Gasteiger partial charge on any atom is -0.466 e. The molecule has 3 aromatic rings. The molecule has 1 aliphatic rings. The van der Waals surface area contributed by atoms with E-state index in [9.17, 15) is 22.4 Å². The standard InChI is InChI=1S/C28H25F4N3O2/c1-18-24(26(36)37-2)25(21-11-7-13-23(29)15-21)34-27(33-16-19-8-4-3-5-9-19)35(18)17-20-10-6-12-22(14-20)28(30,31)32/h3-15,25H,16-17H2,1-2H3,(H,33,34). The third-order valence-electron chi connectivity index (χ3n) is 6.05. The summed E-state index contributed by atoms with van der Waals surface area (Å²) in [6.07, 6.45) is -4.50. The maximum absolute atomic E-state index is 14.1. The van der Waals surface area contributed by atoms with Crippen molar-refractivity contribution in [1.82, 2.24) is 10.2 Å². The van der Waals surface area contributed by atoms with Gasteiger partial charge in [0.25, 0.3) is 0 Å². The number of allylic oxidation sites excluding steroid dienone is 1. The van der Waals surface area contributed by atoms with Gasteiger partial charge in [-0.3, -0.25) is 0 Å². The van der Waals surface area contributed by atoms with E-state index in [0.717, 1.165) is 17.7 Å². The molecule has 0 radical (unpaired) electrons. The van der Waals surface area contributed by atoms with Crippen molar-refractivity contribution >= 4 is 11.9 Å². The zero-order valence-electron chi connectivity index (χ0n) is 20.2.